The van der Waals surface area contributed by atoms with Crippen LogP contribution in [0, 0.1) is 0 Å². The van der Waals surface area contributed by atoms with Crippen molar-refractivity contribution in [3.63, 3.8) is 0 Å². The number of hydrogen-bond acceptors (Lipinski definition) is 6. The molecule has 0 amide bonds. The zero-order valence-corrected chi connectivity index (χ0v) is 24.0. The predicted octanol–water partition coefficient (Wildman–Crippen LogP) is 7.84. The Kier molecular flexibility index (Phi) is 7.24. The Morgan fingerprint density at radius 1 is 0.810 bits per heavy atom. The van der Waals surface area contributed by atoms with Crippen LogP contribution in [0.2, 0.25) is 15.1 Å². The fraction of sp³-hybridized carbons (Fsp3) is 0.0312. The largest absolute Gasteiger partial charge is 0.495 e. The van der Waals surface area contributed by atoms with E-state index in [2.05, 4.69) is 4.98 Å². The molecule has 0 aliphatic heterocycles. The summed E-state index contributed by atoms with van der Waals surface area (Å²) < 4.78 is 6.76. The summed E-state index contributed by atoms with van der Waals surface area (Å²) in [6, 6.07) is 19.7. The molecule has 0 atom stereocenters. The number of ether oxygens (including phenoxy) is 1. The molecule has 0 fully saturated rings. The minimum Gasteiger partial charge on any atom is -0.495 e. The SMILES string of the molecule is COc1c(C=O)cc(Cl)c2nc(-c3cccc(-c4cccc(-c5ccn6c(=O)c(C=O)cnc6c5)c4Cl)c3Cl)ccc12. The van der Waals surface area contributed by atoms with Gasteiger partial charge in [0, 0.05) is 40.0 Å². The highest BCUT2D eigenvalue weighted by atomic mass is 35.5. The summed E-state index contributed by atoms with van der Waals surface area (Å²) in [5, 5.41) is 1.80. The van der Waals surface area contributed by atoms with Crippen molar-refractivity contribution in [1.82, 2.24) is 14.4 Å². The molecule has 0 radical (unpaired) electrons. The van der Waals surface area contributed by atoms with Crippen molar-refractivity contribution in [3.8, 4) is 39.3 Å². The Morgan fingerprint density at radius 2 is 1.48 bits per heavy atom. The number of carbonyl (C=O) groups excluding carboxylic acids is 2. The second kappa shape index (κ2) is 11.0. The highest BCUT2D eigenvalue weighted by Crippen LogP contribution is 2.43. The highest BCUT2D eigenvalue weighted by molar-refractivity contribution is 6.39. The maximum atomic E-state index is 12.5. The number of halogens is 3. The summed E-state index contributed by atoms with van der Waals surface area (Å²) in [6.07, 6.45) is 3.99. The lowest BCUT2D eigenvalue weighted by molar-refractivity contribution is 0.111. The molecule has 0 saturated carbocycles. The van der Waals surface area contributed by atoms with E-state index in [0.717, 1.165) is 5.56 Å². The molecular weight excluding hydrogens is 597 g/mol. The molecule has 0 bridgehead atoms. The zero-order valence-electron chi connectivity index (χ0n) is 21.8. The maximum absolute atomic E-state index is 12.5. The summed E-state index contributed by atoms with van der Waals surface area (Å²) in [6.45, 7) is 0. The van der Waals surface area contributed by atoms with E-state index in [4.69, 9.17) is 44.5 Å². The van der Waals surface area contributed by atoms with Crippen LogP contribution in [0.1, 0.15) is 20.7 Å². The molecule has 206 valence electrons. The zero-order chi connectivity index (χ0) is 29.5. The third kappa shape index (κ3) is 4.52. The Hall–Kier alpha value is -4.56. The number of pyridine rings is 2. The maximum Gasteiger partial charge on any atom is 0.268 e. The van der Waals surface area contributed by atoms with Crippen LogP contribution in [-0.2, 0) is 0 Å². The van der Waals surface area contributed by atoms with Gasteiger partial charge in [0.05, 0.1) is 44.5 Å². The normalized spacial score (nSPS) is 11.1. The van der Waals surface area contributed by atoms with E-state index in [9.17, 15) is 14.4 Å². The first-order valence-corrected chi connectivity index (χ1v) is 13.7. The summed E-state index contributed by atoms with van der Waals surface area (Å²) in [7, 11) is 1.49. The van der Waals surface area contributed by atoms with E-state index in [1.807, 2.05) is 36.4 Å². The minimum absolute atomic E-state index is 0.0252. The van der Waals surface area contributed by atoms with Gasteiger partial charge in [0.1, 0.15) is 11.4 Å². The average molecular weight is 615 g/mol. The predicted molar refractivity (Wildman–Crippen MR) is 165 cm³/mol. The highest BCUT2D eigenvalue weighted by Gasteiger charge is 2.18. The minimum atomic E-state index is -0.448. The lowest BCUT2D eigenvalue weighted by Gasteiger charge is -2.15. The topological polar surface area (TPSA) is 90.6 Å². The van der Waals surface area contributed by atoms with Gasteiger partial charge in [0.25, 0.3) is 5.56 Å². The lowest BCUT2D eigenvalue weighted by Crippen LogP contribution is -2.18. The van der Waals surface area contributed by atoms with Crippen molar-refractivity contribution in [2.24, 2.45) is 0 Å². The Morgan fingerprint density at radius 3 is 2.17 bits per heavy atom. The van der Waals surface area contributed by atoms with Crippen LogP contribution in [-0.4, -0.2) is 34.1 Å². The lowest BCUT2D eigenvalue weighted by atomic mass is 9.97. The standard InChI is InChI=1S/C32H18Cl3N3O4/c1-42-31-18(15-39)12-25(33)30-24(31)8-9-26(37-30)23-7-3-6-22(29(23)35)21-5-2-4-20(28(21)34)17-10-11-38-27(13-17)36-14-19(16-40)32(38)41/h2-16H,1H3. The molecule has 3 aromatic carbocycles. The second-order valence-electron chi connectivity index (χ2n) is 9.31. The van der Waals surface area contributed by atoms with Gasteiger partial charge in [-0.2, -0.15) is 0 Å². The average Bonchev–Trinajstić information content (AvgIpc) is 3.01. The number of hydrogen-bond donors (Lipinski definition) is 0. The van der Waals surface area contributed by atoms with Crippen molar-refractivity contribution in [2.45, 2.75) is 0 Å². The first-order chi connectivity index (χ1) is 20.4. The quantitative estimate of drug-likeness (QED) is 0.178. The van der Waals surface area contributed by atoms with Crippen LogP contribution in [0.3, 0.4) is 0 Å². The van der Waals surface area contributed by atoms with Gasteiger partial charge >= 0.3 is 0 Å². The number of fused-ring (bicyclic) bond motifs is 2. The van der Waals surface area contributed by atoms with Crippen LogP contribution in [0.5, 0.6) is 5.75 Å². The van der Waals surface area contributed by atoms with E-state index in [-0.39, 0.29) is 5.56 Å². The summed E-state index contributed by atoms with van der Waals surface area (Å²) in [4.78, 5) is 44.1. The molecule has 10 heteroatoms. The summed E-state index contributed by atoms with van der Waals surface area (Å²) >= 11 is 20.4. The monoisotopic (exact) mass is 613 g/mol. The van der Waals surface area contributed by atoms with E-state index < -0.39 is 5.56 Å². The number of aromatic nitrogens is 3. The second-order valence-corrected chi connectivity index (χ2v) is 10.5. The van der Waals surface area contributed by atoms with E-state index in [1.165, 1.54) is 23.8 Å². The van der Waals surface area contributed by atoms with Crippen LogP contribution in [0.15, 0.2) is 83.9 Å². The van der Waals surface area contributed by atoms with Crippen molar-refractivity contribution < 1.29 is 14.3 Å². The van der Waals surface area contributed by atoms with Crippen LogP contribution < -0.4 is 10.3 Å². The summed E-state index contributed by atoms with van der Waals surface area (Å²) in [5.41, 5.74) is 4.77. The molecule has 0 saturated heterocycles. The van der Waals surface area contributed by atoms with Crippen molar-refractivity contribution in [3.05, 3.63) is 116 Å². The molecule has 0 aliphatic carbocycles. The fourth-order valence-electron chi connectivity index (χ4n) is 4.95. The smallest absolute Gasteiger partial charge is 0.268 e. The Balaban J connectivity index is 1.46. The number of rotatable bonds is 6. The van der Waals surface area contributed by atoms with Gasteiger partial charge in [-0.1, -0.05) is 71.2 Å². The molecule has 0 N–H and O–H groups in total. The van der Waals surface area contributed by atoms with Crippen molar-refractivity contribution >= 4 is 63.9 Å². The van der Waals surface area contributed by atoms with Gasteiger partial charge < -0.3 is 4.74 Å². The molecule has 6 rings (SSSR count). The van der Waals surface area contributed by atoms with Crippen molar-refractivity contribution in [2.75, 3.05) is 7.11 Å². The molecule has 7 nitrogen and oxygen atoms in total. The van der Waals surface area contributed by atoms with E-state index >= 15 is 0 Å². The Labute approximate surface area is 253 Å². The fourth-order valence-corrected chi connectivity index (χ4v) is 5.88. The number of nitrogens with zero attached hydrogens (tertiary/aromatic N) is 3. The number of benzene rings is 3. The molecule has 3 heterocycles. The van der Waals surface area contributed by atoms with E-state index in [1.54, 1.807) is 30.5 Å². The third-order valence-corrected chi connectivity index (χ3v) is 8.08. The number of methoxy groups -OCH3 is 1. The van der Waals surface area contributed by atoms with Gasteiger partial charge in [-0.25, -0.2) is 9.97 Å². The van der Waals surface area contributed by atoms with Gasteiger partial charge in [-0.15, -0.1) is 0 Å². The van der Waals surface area contributed by atoms with Gasteiger partial charge in [0.2, 0.25) is 0 Å². The van der Waals surface area contributed by atoms with Gasteiger partial charge in [-0.3, -0.25) is 18.8 Å². The molecule has 0 unspecified atom stereocenters. The van der Waals surface area contributed by atoms with Crippen molar-refractivity contribution in [1.29, 1.82) is 0 Å². The summed E-state index contributed by atoms with van der Waals surface area (Å²) in [5.74, 6) is 0.393. The van der Waals surface area contributed by atoms with Gasteiger partial charge in [-0.05, 0) is 35.9 Å². The molecule has 3 aromatic heterocycles. The third-order valence-electron chi connectivity index (χ3n) is 6.98. The van der Waals surface area contributed by atoms with Crippen LogP contribution in [0.4, 0.5) is 0 Å². The molecular formula is C32H18Cl3N3O4. The first kappa shape index (κ1) is 27.6. The molecule has 0 spiro atoms. The molecule has 0 aliphatic rings. The molecule has 6 aromatic rings. The van der Waals surface area contributed by atoms with Gasteiger partial charge in [0.15, 0.2) is 12.6 Å². The number of carbonyl (C=O) groups is 2. The molecule has 42 heavy (non-hydrogen) atoms. The van der Waals surface area contributed by atoms with Crippen LogP contribution >= 0.6 is 34.8 Å². The first-order valence-electron chi connectivity index (χ1n) is 12.5. The Bertz CT molecular complexity index is 2140. The van der Waals surface area contributed by atoms with Crippen LogP contribution in [0.25, 0.3) is 50.1 Å². The number of aldehydes is 2. The van der Waals surface area contributed by atoms with E-state index in [0.29, 0.717) is 83.5 Å².